The highest BCUT2D eigenvalue weighted by atomic mass is 16.6. The molecule has 0 radical (unpaired) electrons. The monoisotopic (exact) mass is 404 g/mol. The predicted molar refractivity (Wildman–Crippen MR) is 109 cm³/mol. The summed E-state index contributed by atoms with van der Waals surface area (Å²) >= 11 is 0. The van der Waals surface area contributed by atoms with Gasteiger partial charge in [0.1, 0.15) is 6.10 Å². The topological polar surface area (TPSA) is 82.2 Å². The Balaban J connectivity index is 2.28. The highest BCUT2D eigenvalue weighted by molar-refractivity contribution is 5.97. The number of epoxide rings is 1. The zero-order chi connectivity index (χ0) is 21.9. The van der Waals surface area contributed by atoms with E-state index in [-0.39, 0.29) is 11.9 Å². The zero-order valence-corrected chi connectivity index (χ0v) is 18.2. The zero-order valence-electron chi connectivity index (χ0n) is 18.2. The molecule has 2 fully saturated rings. The molecule has 1 saturated carbocycles. The average Bonchev–Trinajstić information content (AvgIpc) is 3.31. The van der Waals surface area contributed by atoms with Gasteiger partial charge >= 0.3 is 11.9 Å². The van der Waals surface area contributed by atoms with Crippen LogP contribution in [0.4, 0.5) is 0 Å². The van der Waals surface area contributed by atoms with Crippen molar-refractivity contribution < 1.29 is 28.6 Å². The van der Waals surface area contributed by atoms with E-state index in [0.717, 1.165) is 11.1 Å². The number of esters is 2. The fraction of sp³-hybridized carbons (Fsp3) is 0.609. The van der Waals surface area contributed by atoms with Gasteiger partial charge in [-0.2, -0.15) is 0 Å². The van der Waals surface area contributed by atoms with E-state index in [2.05, 4.69) is 6.58 Å². The lowest BCUT2D eigenvalue weighted by atomic mass is 9.74. The minimum Gasteiger partial charge on any atom is -0.458 e. The van der Waals surface area contributed by atoms with Crippen LogP contribution in [0.25, 0.3) is 0 Å². The molecule has 1 heterocycles. The molecule has 5 unspecified atom stereocenters. The number of carbonyl (C=O) groups excluding carboxylic acids is 3. The van der Waals surface area contributed by atoms with Crippen molar-refractivity contribution in [1.29, 1.82) is 0 Å². The second-order valence-corrected chi connectivity index (χ2v) is 8.31. The van der Waals surface area contributed by atoms with Crippen LogP contribution in [0.2, 0.25) is 0 Å². The molecule has 0 aromatic carbocycles. The Labute approximate surface area is 173 Å². The van der Waals surface area contributed by atoms with Crippen molar-refractivity contribution in [1.82, 2.24) is 0 Å². The van der Waals surface area contributed by atoms with Crippen LogP contribution >= 0.6 is 0 Å². The molecular weight excluding hydrogens is 372 g/mol. The number of carbonyl (C=O) groups is 3. The third-order valence-electron chi connectivity index (χ3n) is 5.63. The first kappa shape index (κ1) is 23.1. The summed E-state index contributed by atoms with van der Waals surface area (Å²) in [6.07, 6.45) is 3.16. The average molecular weight is 405 g/mol. The van der Waals surface area contributed by atoms with Gasteiger partial charge in [-0.1, -0.05) is 30.7 Å². The fourth-order valence-corrected chi connectivity index (χ4v) is 3.57. The van der Waals surface area contributed by atoms with Gasteiger partial charge in [-0.25, -0.2) is 4.79 Å². The Morgan fingerprint density at radius 1 is 1.31 bits per heavy atom. The highest BCUT2D eigenvalue weighted by Gasteiger charge is 2.66. The number of ether oxygens (including phenoxy) is 3. The normalized spacial score (nSPS) is 29.4. The van der Waals surface area contributed by atoms with E-state index in [1.807, 2.05) is 33.8 Å². The van der Waals surface area contributed by atoms with Crippen LogP contribution in [-0.4, -0.2) is 41.6 Å². The predicted octanol–water partition coefficient (Wildman–Crippen LogP) is 3.85. The summed E-state index contributed by atoms with van der Waals surface area (Å²) in [5.74, 6) is -1.73. The van der Waals surface area contributed by atoms with Crippen LogP contribution in [0.1, 0.15) is 60.8 Å². The number of hydrogen-bond donors (Lipinski definition) is 0. The van der Waals surface area contributed by atoms with E-state index in [9.17, 15) is 14.4 Å². The molecule has 0 aromatic rings. The number of Topliss-reactive ketones (excluding diaryl/α,β-unsaturated/α-hetero) is 1. The van der Waals surface area contributed by atoms with Crippen molar-refractivity contribution in [2.75, 3.05) is 0 Å². The number of hydrogen-bond acceptors (Lipinski definition) is 6. The Kier molecular flexibility index (Phi) is 7.22. The first-order chi connectivity index (χ1) is 13.5. The first-order valence-electron chi connectivity index (χ1n) is 10.1. The lowest BCUT2D eigenvalue weighted by Crippen LogP contribution is -2.48. The molecule has 5 atom stereocenters. The third-order valence-corrected chi connectivity index (χ3v) is 5.63. The van der Waals surface area contributed by atoms with E-state index >= 15 is 0 Å². The molecule has 0 bridgehead atoms. The van der Waals surface area contributed by atoms with E-state index in [4.69, 9.17) is 14.2 Å². The van der Waals surface area contributed by atoms with Crippen LogP contribution < -0.4 is 0 Å². The van der Waals surface area contributed by atoms with Crippen molar-refractivity contribution in [3.05, 3.63) is 35.5 Å². The van der Waals surface area contributed by atoms with Crippen LogP contribution in [0.3, 0.4) is 0 Å². The molecule has 0 N–H and O–H groups in total. The van der Waals surface area contributed by atoms with Crippen molar-refractivity contribution >= 4 is 17.7 Å². The third kappa shape index (κ3) is 5.44. The summed E-state index contributed by atoms with van der Waals surface area (Å²) in [5.41, 5.74) is 1.59. The summed E-state index contributed by atoms with van der Waals surface area (Å²) in [4.78, 5) is 37.0. The van der Waals surface area contributed by atoms with E-state index in [0.29, 0.717) is 24.8 Å². The molecule has 29 heavy (non-hydrogen) atoms. The van der Waals surface area contributed by atoms with Crippen molar-refractivity contribution in [2.45, 2.75) is 84.7 Å². The largest absolute Gasteiger partial charge is 0.458 e. The smallest absolute Gasteiger partial charge is 0.331 e. The van der Waals surface area contributed by atoms with Gasteiger partial charge in [0.05, 0.1) is 6.10 Å². The molecule has 6 nitrogen and oxygen atoms in total. The maximum Gasteiger partial charge on any atom is 0.331 e. The molecule has 6 heteroatoms. The van der Waals surface area contributed by atoms with Gasteiger partial charge in [-0.05, 0) is 46.1 Å². The fourth-order valence-electron chi connectivity index (χ4n) is 3.57. The van der Waals surface area contributed by atoms with Gasteiger partial charge in [-0.15, -0.1) is 0 Å². The Morgan fingerprint density at radius 2 is 1.97 bits per heavy atom. The van der Waals surface area contributed by atoms with E-state index in [1.54, 1.807) is 6.92 Å². The minimum absolute atomic E-state index is 0.235. The molecule has 0 aromatic heterocycles. The van der Waals surface area contributed by atoms with Crippen molar-refractivity contribution in [3.63, 3.8) is 0 Å². The molecule has 0 spiro atoms. The molecule has 160 valence electrons. The van der Waals surface area contributed by atoms with Crippen LogP contribution in [0.5, 0.6) is 0 Å². The molecule has 1 aliphatic carbocycles. The van der Waals surface area contributed by atoms with E-state index < -0.39 is 35.7 Å². The maximum atomic E-state index is 13.0. The summed E-state index contributed by atoms with van der Waals surface area (Å²) in [6.45, 7) is 14.9. The lowest BCUT2D eigenvalue weighted by Gasteiger charge is -2.34. The van der Waals surface area contributed by atoms with E-state index in [1.165, 1.54) is 13.0 Å². The van der Waals surface area contributed by atoms with Crippen LogP contribution in [-0.2, 0) is 28.6 Å². The standard InChI is InChI=1S/C23H32O6/c1-8-14(4)11-20(25)28-21-17(12-19-23(7,29-19)22(21)26)15(5)18(27-16(6)24)10-9-13(2)3/h9,11,17-19,21H,5,8,10,12H2,1-4,6-7H3. The lowest BCUT2D eigenvalue weighted by molar-refractivity contribution is -0.157. The summed E-state index contributed by atoms with van der Waals surface area (Å²) in [7, 11) is 0. The van der Waals surface area contributed by atoms with Crippen molar-refractivity contribution in [2.24, 2.45) is 5.92 Å². The maximum absolute atomic E-state index is 13.0. The summed E-state index contributed by atoms with van der Waals surface area (Å²) in [6, 6.07) is 0. The second-order valence-electron chi connectivity index (χ2n) is 8.31. The number of ketones is 1. The molecule has 0 amide bonds. The van der Waals surface area contributed by atoms with Gasteiger partial charge in [-0.3, -0.25) is 9.59 Å². The van der Waals surface area contributed by atoms with Crippen LogP contribution in [0.15, 0.2) is 35.5 Å². The van der Waals surface area contributed by atoms with Gasteiger partial charge in [0.15, 0.2) is 11.7 Å². The SMILES string of the molecule is C=C(C(CC=C(C)C)OC(C)=O)C1CC2OC2(C)C(=O)C1OC(=O)C=C(C)CC. The number of fused-ring (bicyclic) bond motifs is 1. The highest BCUT2D eigenvalue weighted by Crippen LogP contribution is 2.50. The Bertz CT molecular complexity index is 757. The Morgan fingerprint density at radius 3 is 2.52 bits per heavy atom. The van der Waals surface area contributed by atoms with Gasteiger partial charge < -0.3 is 14.2 Å². The van der Waals surface area contributed by atoms with Crippen LogP contribution in [0, 0.1) is 5.92 Å². The Hall–Kier alpha value is -2.21. The van der Waals surface area contributed by atoms with Gasteiger partial charge in [0.25, 0.3) is 0 Å². The number of allylic oxidation sites excluding steroid dienone is 2. The minimum atomic E-state index is -1.01. The molecule has 2 aliphatic rings. The quantitative estimate of drug-likeness (QED) is 0.265. The second kappa shape index (κ2) is 9.08. The number of rotatable bonds is 8. The summed E-state index contributed by atoms with van der Waals surface area (Å²) < 4.78 is 16.7. The first-order valence-corrected chi connectivity index (χ1v) is 10.1. The molecular formula is C23H32O6. The molecule has 1 aliphatic heterocycles. The molecule has 2 rings (SSSR count). The molecule has 1 saturated heterocycles. The van der Waals surface area contributed by atoms with Gasteiger partial charge in [0.2, 0.25) is 5.78 Å². The van der Waals surface area contributed by atoms with Crippen molar-refractivity contribution in [3.8, 4) is 0 Å². The summed E-state index contributed by atoms with van der Waals surface area (Å²) in [5, 5.41) is 0. The van der Waals surface area contributed by atoms with Gasteiger partial charge in [0, 0.05) is 25.3 Å².